The van der Waals surface area contributed by atoms with Crippen molar-refractivity contribution in [1.82, 2.24) is 25.1 Å². The predicted molar refractivity (Wildman–Crippen MR) is 84.4 cm³/mol. The number of fused-ring (bicyclic) bond motifs is 1. The van der Waals surface area contributed by atoms with Crippen LogP contribution in [0.2, 0.25) is 0 Å². The first-order valence-corrected chi connectivity index (χ1v) is 8.79. The van der Waals surface area contributed by atoms with Crippen molar-refractivity contribution in [3.8, 4) is 0 Å². The van der Waals surface area contributed by atoms with E-state index in [1.165, 1.54) is 6.33 Å². The minimum absolute atomic E-state index is 0.0827. The first kappa shape index (κ1) is 16.4. The van der Waals surface area contributed by atoms with E-state index in [4.69, 9.17) is 0 Å². The SMILES string of the molecule is CC[C@H](C)[C@@H](C(=O)N1CC[C@@]2(O)CCCC[C@@H]2C1)n1cnnn1. The summed E-state index contributed by atoms with van der Waals surface area (Å²) in [6.45, 7) is 5.42. The second kappa shape index (κ2) is 6.55. The molecule has 1 aromatic rings. The Morgan fingerprint density at radius 2 is 2.26 bits per heavy atom. The Kier molecular flexibility index (Phi) is 4.66. The van der Waals surface area contributed by atoms with Gasteiger partial charge in [-0.2, -0.15) is 0 Å². The van der Waals surface area contributed by atoms with E-state index in [0.717, 1.165) is 32.1 Å². The van der Waals surface area contributed by atoms with Crippen molar-refractivity contribution in [2.45, 2.75) is 64.0 Å². The normalized spacial score (nSPS) is 30.6. The number of hydrogen-bond acceptors (Lipinski definition) is 5. The zero-order chi connectivity index (χ0) is 16.4. The molecule has 0 aromatic carbocycles. The van der Waals surface area contributed by atoms with E-state index in [0.29, 0.717) is 19.5 Å². The van der Waals surface area contributed by atoms with E-state index < -0.39 is 5.60 Å². The summed E-state index contributed by atoms with van der Waals surface area (Å²) in [5.41, 5.74) is -0.560. The van der Waals surface area contributed by atoms with Crippen LogP contribution in [-0.4, -0.2) is 54.8 Å². The van der Waals surface area contributed by atoms with E-state index in [2.05, 4.69) is 29.4 Å². The highest BCUT2D eigenvalue weighted by Gasteiger charge is 2.45. The Balaban J connectivity index is 1.76. The van der Waals surface area contributed by atoms with Gasteiger partial charge in [-0.15, -0.1) is 5.10 Å². The summed E-state index contributed by atoms with van der Waals surface area (Å²) in [6, 6.07) is -0.357. The smallest absolute Gasteiger partial charge is 0.247 e. The number of amides is 1. The first-order chi connectivity index (χ1) is 11.0. The van der Waals surface area contributed by atoms with Gasteiger partial charge in [0.25, 0.3) is 0 Å². The summed E-state index contributed by atoms with van der Waals surface area (Å²) >= 11 is 0. The second-order valence-corrected chi connectivity index (χ2v) is 7.20. The van der Waals surface area contributed by atoms with Gasteiger partial charge in [-0.25, -0.2) is 4.68 Å². The number of aliphatic hydroxyl groups is 1. The van der Waals surface area contributed by atoms with Crippen molar-refractivity contribution in [2.24, 2.45) is 11.8 Å². The summed E-state index contributed by atoms with van der Waals surface area (Å²) in [6.07, 6.45) is 7.23. The van der Waals surface area contributed by atoms with Gasteiger partial charge in [-0.3, -0.25) is 4.79 Å². The van der Waals surface area contributed by atoms with Gasteiger partial charge in [-0.05, 0) is 35.6 Å². The van der Waals surface area contributed by atoms with Crippen LogP contribution in [0.4, 0.5) is 0 Å². The van der Waals surface area contributed by atoms with Crippen LogP contribution >= 0.6 is 0 Å². The van der Waals surface area contributed by atoms with Gasteiger partial charge in [0, 0.05) is 19.0 Å². The summed E-state index contributed by atoms with van der Waals surface area (Å²) < 4.78 is 1.58. The van der Waals surface area contributed by atoms with Crippen LogP contribution < -0.4 is 0 Å². The van der Waals surface area contributed by atoms with Crippen LogP contribution in [0.15, 0.2) is 6.33 Å². The lowest BCUT2D eigenvalue weighted by Crippen LogP contribution is -2.56. The number of carbonyl (C=O) groups is 1. The fourth-order valence-corrected chi connectivity index (χ4v) is 4.09. The topological polar surface area (TPSA) is 84.1 Å². The monoisotopic (exact) mass is 321 g/mol. The Hall–Kier alpha value is -1.50. The van der Waals surface area contributed by atoms with Crippen molar-refractivity contribution >= 4 is 5.91 Å². The highest BCUT2D eigenvalue weighted by molar-refractivity contribution is 5.80. The average molecular weight is 321 g/mol. The molecule has 1 saturated heterocycles. The number of carbonyl (C=O) groups excluding carboxylic acids is 1. The second-order valence-electron chi connectivity index (χ2n) is 7.20. The van der Waals surface area contributed by atoms with E-state index in [1.807, 2.05) is 4.90 Å². The molecular weight excluding hydrogens is 294 g/mol. The zero-order valence-corrected chi connectivity index (χ0v) is 14.1. The third-order valence-corrected chi connectivity index (χ3v) is 5.83. The zero-order valence-electron chi connectivity index (χ0n) is 14.1. The molecule has 0 spiro atoms. The fourth-order valence-electron chi connectivity index (χ4n) is 4.09. The molecule has 7 heteroatoms. The summed E-state index contributed by atoms with van der Waals surface area (Å²) in [4.78, 5) is 15.0. The molecule has 1 amide bonds. The fraction of sp³-hybridized carbons (Fsp3) is 0.875. The molecule has 1 N–H and O–H groups in total. The van der Waals surface area contributed by atoms with Gasteiger partial charge in [0.05, 0.1) is 5.60 Å². The molecule has 0 bridgehead atoms. The van der Waals surface area contributed by atoms with Crippen molar-refractivity contribution < 1.29 is 9.90 Å². The van der Waals surface area contributed by atoms with Gasteiger partial charge in [0.2, 0.25) is 5.91 Å². The van der Waals surface area contributed by atoms with Crippen LogP contribution in [0.25, 0.3) is 0 Å². The van der Waals surface area contributed by atoms with Crippen LogP contribution in [0.3, 0.4) is 0 Å². The minimum atomic E-state index is -0.560. The highest BCUT2D eigenvalue weighted by atomic mass is 16.3. The summed E-state index contributed by atoms with van der Waals surface area (Å²) in [5.74, 6) is 0.456. The van der Waals surface area contributed by atoms with E-state index in [1.54, 1.807) is 4.68 Å². The van der Waals surface area contributed by atoms with Gasteiger partial charge in [0.1, 0.15) is 12.4 Å². The Labute approximate surface area is 137 Å². The lowest BCUT2D eigenvalue weighted by atomic mass is 9.71. The van der Waals surface area contributed by atoms with Crippen molar-refractivity contribution in [3.05, 3.63) is 6.33 Å². The maximum Gasteiger partial charge on any atom is 0.247 e. The molecule has 7 nitrogen and oxygen atoms in total. The molecule has 23 heavy (non-hydrogen) atoms. The van der Waals surface area contributed by atoms with E-state index >= 15 is 0 Å². The maximum atomic E-state index is 13.1. The maximum absolute atomic E-state index is 13.1. The standard InChI is InChI=1S/C16H27N5O2/c1-3-12(2)14(21-11-17-18-19-21)15(22)20-9-8-16(23)7-5-4-6-13(16)10-20/h11-14,23H,3-10H2,1-2H3/t12-,13+,14-,16-/m0/s1. The molecule has 0 unspecified atom stereocenters. The molecule has 4 atom stereocenters. The van der Waals surface area contributed by atoms with Crippen molar-refractivity contribution in [2.75, 3.05) is 13.1 Å². The molecule has 1 saturated carbocycles. The number of aromatic nitrogens is 4. The first-order valence-electron chi connectivity index (χ1n) is 8.79. The number of likely N-dealkylation sites (tertiary alicyclic amines) is 1. The summed E-state index contributed by atoms with van der Waals surface area (Å²) in [5, 5.41) is 22.1. The van der Waals surface area contributed by atoms with E-state index in [-0.39, 0.29) is 23.8 Å². The quantitative estimate of drug-likeness (QED) is 0.906. The van der Waals surface area contributed by atoms with E-state index in [9.17, 15) is 9.90 Å². The molecule has 1 aromatic heterocycles. The lowest BCUT2D eigenvalue weighted by molar-refractivity contribution is -0.148. The molecule has 3 rings (SSSR count). The lowest BCUT2D eigenvalue weighted by Gasteiger charge is -2.48. The number of rotatable bonds is 4. The van der Waals surface area contributed by atoms with Crippen molar-refractivity contribution in [1.29, 1.82) is 0 Å². The van der Waals surface area contributed by atoms with Crippen LogP contribution in [0.1, 0.15) is 58.4 Å². The highest BCUT2D eigenvalue weighted by Crippen LogP contribution is 2.40. The van der Waals surface area contributed by atoms with Crippen LogP contribution in [0, 0.1) is 11.8 Å². The van der Waals surface area contributed by atoms with Gasteiger partial charge in [0.15, 0.2) is 0 Å². The Morgan fingerprint density at radius 3 is 2.96 bits per heavy atom. The third kappa shape index (κ3) is 3.11. The van der Waals surface area contributed by atoms with Crippen LogP contribution in [-0.2, 0) is 4.79 Å². The van der Waals surface area contributed by atoms with Crippen LogP contribution in [0.5, 0.6) is 0 Å². The minimum Gasteiger partial charge on any atom is -0.389 e. The molecule has 2 heterocycles. The largest absolute Gasteiger partial charge is 0.389 e. The molecule has 2 fully saturated rings. The van der Waals surface area contributed by atoms with Gasteiger partial charge in [-0.1, -0.05) is 33.1 Å². The molecular formula is C16H27N5O2. The average Bonchev–Trinajstić information content (AvgIpc) is 3.07. The Morgan fingerprint density at radius 1 is 1.43 bits per heavy atom. The number of hydrogen-bond donors (Lipinski definition) is 1. The Bertz CT molecular complexity index is 535. The molecule has 2 aliphatic rings. The van der Waals surface area contributed by atoms with Gasteiger partial charge >= 0.3 is 0 Å². The molecule has 128 valence electrons. The third-order valence-electron chi connectivity index (χ3n) is 5.83. The number of tetrazole rings is 1. The molecule has 0 radical (unpaired) electrons. The van der Waals surface area contributed by atoms with Crippen molar-refractivity contribution in [3.63, 3.8) is 0 Å². The number of piperidine rings is 1. The predicted octanol–water partition coefficient (Wildman–Crippen LogP) is 1.41. The summed E-state index contributed by atoms with van der Waals surface area (Å²) in [7, 11) is 0. The number of nitrogens with zero attached hydrogens (tertiary/aromatic N) is 5. The van der Waals surface area contributed by atoms with Gasteiger partial charge < -0.3 is 10.0 Å². The molecule has 1 aliphatic carbocycles. The molecule has 1 aliphatic heterocycles.